The van der Waals surface area contributed by atoms with Gasteiger partial charge in [0.1, 0.15) is 0 Å². The van der Waals surface area contributed by atoms with E-state index in [9.17, 15) is 19.8 Å². The Morgan fingerprint density at radius 2 is 1.30 bits per heavy atom. The average molecular weight is 249 g/mol. The van der Waals surface area contributed by atoms with Gasteiger partial charge in [0.15, 0.2) is 0 Å². The van der Waals surface area contributed by atoms with Gasteiger partial charge in [-0.3, -0.25) is 0 Å². The van der Waals surface area contributed by atoms with E-state index in [4.69, 9.17) is 0 Å². The van der Waals surface area contributed by atoms with Crippen molar-refractivity contribution in [3.8, 4) is 0 Å². The van der Waals surface area contributed by atoms with Crippen molar-refractivity contribution >= 4 is 35.8 Å². The summed E-state index contributed by atoms with van der Waals surface area (Å²) in [4.78, 5) is 19.3. The van der Waals surface area contributed by atoms with Gasteiger partial charge >= 0.3 is 23.9 Å². The predicted octanol–water partition coefficient (Wildman–Crippen LogP) is -2.72. The van der Waals surface area contributed by atoms with Gasteiger partial charge in [-0.1, -0.05) is 0 Å². The summed E-state index contributed by atoms with van der Waals surface area (Å²) in [5, 5.41) is 19.3. The summed E-state index contributed by atoms with van der Waals surface area (Å²) in [7, 11) is 0. The minimum absolute atomic E-state index is 0. The van der Waals surface area contributed by atoms with Crippen molar-refractivity contribution in [3.63, 3.8) is 0 Å². The largest absolute Gasteiger partial charge is 2.00 e. The van der Waals surface area contributed by atoms with Crippen LogP contribution in [0.1, 0.15) is 19.3 Å². The van der Waals surface area contributed by atoms with Crippen LogP contribution in [0.2, 0.25) is 0 Å². The average Bonchev–Trinajstić information content (AvgIpc) is 1.63. The minimum atomic E-state index is -1.23. The molecule has 2 radical (unpaired) electrons. The normalized spacial score (nSPS) is 8.00. The van der Waals surface area contributed by atoms with E-state index in [-0.39, 0.29) is 43.2 Å². The topological polar surface area (TPSA) is 80.3 Å². The molecule has 0 heterocycles. The Morgan fingerprint density at radius 1 is 1.00 bits per heavy atom. The molecule has 0 fully saturated rings. The number of hydrogen-bond acceptors (Lipinski definition) is 4. The van der Waals surface area contributed by atoms with Gasteiger partial charge in [-0.2, -0.15) is 0 Å². The van der Waals surface area contributed by atoms with Crippen molar-refractivity contribution in [2.75, 3.05) is 0 Å². The maximum absolute atomic E-state index is 9.66. The van der Waals surface area contributed by atoms with Crippen molar-refractivity contribution in [3.05, 3.63) is 0 Å². The number of rotatable bonds is 4. The number of carboxylic acids is 2. The third kappa shape index (κ3) is 10.7. The van der Waals surface area contributed by atoms with E-state index in [2.05, 4.69) is 0 Å². The second-order valence-corrected chi connectivity index (χ2v) is 1.60. The Balaban J connectivity index is 0. The van der Waals surface area contributed by atoms with Gasteiger partial charge < -0.3 is 19.8 Å². The van der Waals surface area contributed by atoms with Crippen LogP contribution in [-0.2, 0) is 9.59 Å². The van der Waals surface area contributed by atoms with E-state index < -0.39 is 11.9 Å². The van der Waals surface area contributed by atoms with E-state index in [0.29, 0.717) is 0 Å². The van der Waals surface area contributed by atoms with Crippen LogP contribution < -0.4 is 10.2 Å². The molecule has 0 aromatic rings. The summed E-state index contributed by atoms with van der Waals surface area (Å²) in [6.45, 7) is 0. The molecule has 0 aromatic carbocycles. The summed E-state index contributed by atoms with van der Waals surface area (Å²) in [5.41, 5.74) is 0. The Hall–Kier alpha value is -0.261. The smallest absolute Gasteiger partial charge is 0.550 e. The summed E-state index contributed by atoms with van der Waals surface area (Å²) in [5.74, 6) is -2.45. The molecule has 4 nitrogen and oxygen atoms in total. The molecule has 0 N–H and O–H groups in total. The summed E-state index contributed by atoms with van der Waals surface area (Å²) in [6.07, 6.45) is -0.341. The Morgan fingerprint density at radius 3 is 1.50 bits per heavy atom. The maximum atomic E-state index is 9.66. The molecule has 10 heavy (non-hydrogen) atoms. The van der Waals surface area contributed by atoms with Crippen LogP contribution in [0.5, 0.6) is 0 Å². The van der Waals surface area contributed by atoms with Gasteiger partial charge in [-0.05, 0) is 19.3 Å². The first kappa shape index (κ1) is 12.4. The molecule has 0 saturated carbocycles. The first-order valence-corrected chi connectivity index (χ1v) is 2.52. The zero-order valence-electron chi connectivity index (χ0n) is 5.25. The van der Waals surface area contributed by atoms with E-state index >= 15 is 0 Å². The molecule has 0 unspecified atom stereocenters. The molecule has 0 amide bonds. The van der Waals surface area contributed by atoms with Gasteiger partial charge in [0.05, 0.1) is 0 Å². The Kier molecular flexibility index (Phi) is 8.51. The van der Waals surface area contributed by atoms with Crippen molar-refractivity contribution in [1.82, 2.24) is 0 Å². The van der Waals surface area contributed by atoms with Crippen molar-refractivity contribution in [2.24, 2.45) is 0 Å². The molecule has 0 aromatic heterocycles. The molecule has 0 aliphatic rings. The SMILES string of the molecule is O=C([O-])CCCC(=O)[O-].[Sn+2]. The molecule has 54 valence electrons. The number of carbonyl (C=O) groups excluding carboxylic acids is 2. The van der Waals surface area contributed by atoms with E-state index in [0.717, 1.165) is 0 Å². The van der Waals surface area contributed by atoms with Crippen LogP contribution in [0.3, 0.4) is 0 Å². The van der Waals surface area contributed by atoms with Gasteiger partial charge in [0.2, 0.25) is 0 Å². The fourth-order valence-electron chi connectivity index (χ4n) is 0.377. The summed E-state index contributed by atoms with van der Waals surface area (Å²) in [6, 6.07) is 0. The van der Waals surface area contributed by atoms with E-state index in [1.54, 1.807) is 0 Å². The molecular formula is C5H6O4Sn. The molecule has 0 rings (SSSR count). The molecule has 0 aliphatic carbocycles. The molecule has 0 spiro atoms. The van der Waals surface area contributed by atoms with Crippen LogP contribution in [0.4, 0.5) is 0 Å². The van der Waals surface area contributed by atoms with Gasteiger partial charge in [-0.25, -0.2) is 0 Å². The second-order valence-electron chi connectivity index (χ2n) is 1.60. The zero-order chi connectivity index (χ0) is 7.28. The quantitative estimate of drug-likeness (QED) is 0.507. The second kappa shape index (κ2) is 6.85. The molecule has 0 aliphatic heterocycles. The number of carbonyl (C=O) groups is 2. The predicted molar refractivity (Wildman–Crippen MR) is 29.6 cm³/mol. The third-order valence-corrected chi connectivity index (χ3v) is 0.762. The van der Waals surface area contributed by atoms with Gasteiger partial charge in [0.25, 0.3) is 0 Å². The Bertz CT molecular complexity index is 109. The van der Waals surface area contributed by atoms with Gasteiger partial charge in [-0.15, -0.1) is 0 Å². The first-order valence-electron chi connectivity index (χ1n) is 2.52. The monoisotopic (exact) mass is 250 g/mol. The van der Waals surface area contributed by atoms with Crippen LogP contribution in [0, 0.1) is 0 Å². The fourth-order valence-corrected chi connectivity index (χ4v) is 0.377. The molecule has 0 saturated heterocycles. The molecular weight excluding hydrogens is 243 g/mol. The number of aliphatic carboxylic acids is 2. The number of hydrogen-bond donors (Lipinski definition) is 0. The van der Waals surface area contributed by atoms with Crippen molar-refractivity contribution in [2.45, 2.75) is 19.3 Å². The van der Waals surface area contributed by atoms with E-state index in [1.807, 2.05) is 0 Å². The van der Waals surface area contributed by atoms with Gasteiger partial charge in [0, 0.05) is 11.9 Å². The summed E-state index contributed by atoms with van der Waals surface area (Å²) >= 11 is 0. The van der Waals surface area contributed by atoms with Crippen LogP contribution in [-0.4, -0.2) is 35.8 Å². The van der Waals surface area contributed by atoms with Crippen molar-refractivity contribution in [1.29, 1.82) is 0 Å². The number of carboxylic acid groups (broad SMARTS) is 2. The Labute approximate surface area is 75.2 Å². The zero-order valence-corrected chi connectivity index (χ0v) is 8.11. The summed E-state index contributed by atoms with van der Waals surface area (Å²) < 4.78 is 0. The maximum Gasteiger partial charge on any atom is 2.00 e. The molecule has 0 atom stereocenters. The van der Waals surface area contributed by atoms with Crippen molar-refractivity contribution < 1.29 is 19.8 Å². The fraction of sp³-hybridized carbons (Fsp3) is 0.600. The van der Waals surface area contributed by atoms with Crippen LogP contribution in [0.25, 0.3) is 0 Å². The third-order valence-electron chi connectivity index (χ3n) is 0.762. The van der Waals surface area contributed by atoms with Crippen LogP contribution >= 0.6 is 0 Å². The first-order chi connectivity index (χ1) is 4.13. The van der Waals surface area contributed by atoms with E-state index in [1.165, 1.54) is 0 Å². The standard InChI is InChI=1S/C5H8O4.Sn/c6-4(7)2-1-3-5(8)9;/h1-3H2,(H,6,7)(H,8,9);/q;+2/p-2. The van der Waals surface area contributed by atoms with Crippen LogP contribution in [0.15, 0.2) is 0 Å². The minimum Gasteiger partial charge on any atom is -0.550 e. The molecule has 5 heteroatoms. The molecule has 0 bridgehead atoms.